The zero-order valence-corrected chi connectivity index (χ0v) is 7.05. The third-order valence-electron chi connectivity index (χ3n) is 2.20. The van der Waals surface area contributed by atoms with Crippen molar-refractivity contribution in [1.82, 2.24) is 0 Å². The van der Waals surface area contributed by atoms with Gasteiger partial charge in [0, 0.05) is 5.92 Å². The zero-order chi connectivity index (χ0) is 7.56. The molecule has 0 saturated heterocycles. The van der Waals surface area contributed by atoms with Crippen molar-refractivity contribution in [3.63, 3.8) is 0 Å². The van der Waals surface area contributed by atoms with Gasteiger partial charge in [0.2, 0.25) is 0 Å². The largest absolute Gasteiger partial charge is 0.501 e. The molecule has 2 unspecified atom stereocenters. The first-order valence-corrected chi connectivity index (χ1v) is 3.98. The van der Waals surface area contributed by atoms with Crippen molar-refractivity contribution in [2.75, 3.05) is 7.11 Å². The summed E-state index contributed by atoms with van der Waals surface area (Å²) in [5, 5.41) is 0. The van der Waals surface area contributed by atoms with Gasteiger partial charge in [0.1, 0.15) is 0 Å². The van der Waals surface area contributed by atoms with Crippen molar-refractivity contribution < 1.29 is 4.74 Å². The van der Waals surface area contributed by atoms with Crippen molar-refractivity contribution >= 4 is 0 Å². The Bertz CT molecular complexity index is 138. The predicted octanol–water partition coefficient (Wildman–Crippen LogP) is 2.58. The van der Waals surface area contributed by atoms with E-state index in [1.54, 1.807) is 7.11 Å². The van der Waals surface area contributed by atoms with Crippen molar-refractivity contribution in [2.45, 2.75) is 26.7 Å². The SMILES string of the molecule is COC1=CCC(C)CC1C. The van der Waals surface area contributed by atoms with E-state index in [1.807, 2.05) is 0 Å². The van der Waals surface area contributed by atoms with Gasteiger partial charge in [0.15, 0.2) is 0 Å². The topological polar surface area (TPSA) is 9.23 Å². The van der Waals surface area contributed by atoms with Crippen LogP contribution >= 0.6 is 0 Å². The summed E-state index contributed by atoms with van der Waals surface area (Å²) in [6, 6.07) is 0. The summed E-state index contributed by atoms with van der Waals surface area (Å²) in [7, 11) is 1.76. The Morgan fingerprint density at radius 2 is 2.20 bits per heavy atom. The van der Waals surface area contributed by atoms with Crippen LogP contribution in [0.15, 0.2) is 11.8 Å². The van der Waals surface area contributed by atoms with Crippen LogP contribution in [0, 0.1) is 11.8 Å². The lowest BCUT2D eigenvalue weighted by atomic mass is 9.88. The Balaban J connectivity index is 2.57. The highest BCUT2D eigenvalue weighted by Gasteiger charge is 2.17. The van der Waals surface area contributed by atoms with E-state index in [1.165, 1.54) is 18.6 Å². The molecule has 0 aliphatic heterocycles. The van der Waals surface area contributed by atoms with Gasteiger partial charge in [-0.1, -0.05) is 13.8 Å². The summed E-state index contributed by atoms with van der Waals surface area (Å²) >= 11 is 0. The van der Waals surface area contributed by atoms with Gasteiger partial charge in [-0.15, -0.1) is 0 Å². The highest BCUT2D eigenvalue weighted by molar-refractivity contribution is 5.02. The maximum absolute atomic E-state index is 5.21. The predicted molar refractivity (Wildman–Crippen MR) is 42.7 cm³/mol. The molecule has 58 valence electrons. The van der Waals surface area contributed by atoms with Gasteiger partial charge in [-0.3, -0.25) is 0 Å². The molecule has 1 aliphatic carbocycles. The Labute approximate surface area is 63.1 Å². The van der Waals surface area contributed by atoms with Crippen LogP contribution in [-0.4, -0.2) is 7.11 Å². The Morgan fingerprint density at radius 3 is 2.70 bits per heavy atom. The first-order chi connectivity index (χ1) is 4.74. The van der Waals surface area contributed by atoms with Crippen LogP contribution in [0.1, 0.15) is 26.7 Å². The number of hydrogen-bond donors (Lipinski definition) is 0. The van der Waals surface area contributed by atoms with Gasteiger partial charge in [0.05, 0.1) is 12.9 Å². The second-order valence-electron chi connectivity index (χ2n) is 3.29. The summed E-state index contributed by atoms with van der Waals surface area (Å²) in [5.41, 5.74) is 0. The van der Waals surface area contributed by atoms with Gasteiger partial charge < -0.3 is 4.74 Å². The van der Waals surface area contributed by atoms with Crippen LogP contribution in [0.5, 0.6) is 0 Å². The molecule has 1 aliphatic rings. The highest BCUT2D eigenvalue weighted by Crippen LogP contribution is 2.28. The molecule has 0 aromatic carbocycles. The standard InChI is InChI=1S/C9H16O/c1-7-4-5-9(10-3)8(2)6-7/h5,7-8H,4,6H2,1-3H3. The Morgan fingerprint density at radius 1 is 1.50 bits per heavy atom. The number of rotatable bonds is 1. The van der Waals surface area contributed by atoms with Crippen molar-refractivity contribution in [3.8, 4) is 0 Å². The van der Waals surface area contributed by atoms with E-state index in [0.717, 1.165) is 5.92 Å². The molecule has 0 bridgehead atoms. The molecule has 1 heteroatoms. The van der Waals surface area contributed by atoms with Crippen LogP contribution in [0.2, 0.25) is 0 Å². The number of hydrogen-bond acceptors (Lipinski definition) is 1. The molecule has 1 nitrogen and oxygen atoms in total. The third kappa shape index (κ3) is 1.53. The van der Waals surface area contributed by atoms with Crippen molar-refractivity contribution in [2.24, 2.45) is 11.8 Å². The molecule has 0 aromatic heterocycles. The molecule has 0 radical (unpaired) electrons. The summed E-state index contributed by atoms with van der Waals surface area (Å²) in [5.74, 6) is 2.65. The fourth-order valence-corrected chi connectivity index (χ4v) is 1.62. The molecule has 0 amide bonds. The average Bonchev–Trinajstić information content (AvgIpc) is 1.88. The van der Waals surface area contributed by atoms with E-state index in [-0.39, 0.29) is 0 Å². The summed E-state index contributed by atoms with van der Waals surface area (Å²) < 4.78 is 5.21. The maximum atomic E-state index is 5.21. The summed E-state index contributed by atoms with van der Waals surface area (Å²) in [6.07, 6.45) is 4.69. The Hall–Kier alpha value is -0.460. The monoisotopic (exact) mass is 140 g/mol. The number of methoxy groups -OCH3 is 1. The second kappa shape index (κ2) is 3.09. The first-order valence-electron chi connectivity index (χ1n) is 3.98. The van der Waals surface area contributed by atoms with Gasteiger partial charge in [-0.25, -0.2) is 0 Å². The van der Waals surface area contributed by atoms with E-state index in [9.17, 15) is 0 Å². The molecule has 10 heavy (non-hydrogen) atoms. The maximum Gasteiger partial charge on any atom is 0.0943 e. The minimum absolute atomic E-state index is 0.633. The van der Waals surface area contributed by atoms with Crippen LogP contribution in [0.25, 0.3) is 0 Å². The molecule has 0 heterocycles. The number of ether oxygens (including phenoxy) is 1. The molecule has 0 fully saturated rings. The lowest BCUT2D eigenvalue weighted by Gasteiger charge is -2.23. The average molecular weight is 140 g/mol. The van der Waals surface area contributed by atoms with Crippen LogP contribution in [-0.2, 0) is 4.74 Å². The minimum atomic E-state index is 0.633. The lowest BCUT2D eigenvalue weighted by Crippen LogP contribution is -2.12. The van der Waals surface area contributed by atoms with E-state index < -0.39 is 0 Å². The smallest absolute Gasteiger partial charge is 0.0943 e. The molecule has 0 spiro atoms. The molecular formula is C9H16O. The van der Waals surface area contributed by atoms with Crippen molar-refractivity contribution in [1.29, 1.82) is 0 Å². The van der Waals surface area contributed by atoms with E-state index in [4.69, 9.17) is 4.74 Å². The fourth-order valence-electron chi connectivity index (χ4n) is 1.62. The molecule has 0 N–H and O–H groups in total. The van der Waals surface area contributed by atoms with Crippen molar-refractivity contribution in [3.05, 3.63) is 11.8 Å². The fraction of sp³-hybridized carbons (Fsp3) is 0.778. The summed E-state index contributed by atoms with van der Waals surface area (Å²) in [6.45, 7) is 4.52. The summed E-state index contributed by atoms with van der Waals surface area (Å²) in [4.78, 5) is 0. The quantitative estimate of drug-likeness (QED) is 0.544. The lowest BCUT2D eigenvalue weighted by molar-refractivity contribution is 0.217. The van der Waals surface area contributed by atoms with Crippen LogP contribution in [0.3, 0.4) is 0 Å². The minimum Gasteiger partial charge on any atom is -0.501 e. The van der Waals surface area contributed by atoms with Crippen LogP contribution < -0.4 is 0 Å². The van der Waals surface area contributed by atoms with E-state index >= 15 is 0 Å². The molecule has 2 atom stereocenters. The Kier molecular flexibility index (Phi) is 2.36. The molecule has 1 rings (SSSR count). The first kappa shape index (κ1) is 7.64. The number of allylic oxidation sites excluding steroid dienone is 2. The highest BCUT2D eigenvalue weighted by atomic mass is 16.5. The second-order valence-corrected chi connectivity index (χ2v) is 3.29. The zero-order valence-electron chi connectivity index (χ0n) is 7.05. The van der Waals surface area contributed by atoms with E-state index in [2.05, 4.69) is 19.9 Å². The molecular weight excluding hydrogens is 124 g/mol. The van der Waals surface area contributed by atoms with Gasteiger partial charge >= 0.3 is 0 Å². The third-order valence-corrected chi connectivity index (χ3v) is 2.20. The normalized spacial score (nSPS) is 33.3. The van der Waals surface area contributed by atoms with Gasteiger partial charge in [0.25, 0.3) is 0 Å². The van der Waals surface area contributed by atoms with Gasteiger partial charge in [-0.05, 0) is 24.8 Å². The van der Waals surface area contributed by atoms with E-state index in [0.29, 0.717) is 5.92 Å². The van der Waals surface area contributed by atoms with Gasteiger partial charge in [-0.2, -0.15) is 0 Å². The molecule has 0 aromatic rings. The molecule has 0 saturated carbocycles. The van der Waals surface area contributed by atoms with Crippen LogP contribution in [0.4, 0.5) is 0 Å².